The molecule has 0 aromatic carbocycles. The SMILES string of the molecule is C=C(C)C(OC/C=C\CCC)C(=O)O[C@@H]1C[C@H](C)CC[C@H]1C(C)C. The average molecular weight is 337 g/mol. The van der Waals surface area contributed by atoms with E-state index in [1.807, 2.05) is 13.0 Å². The fourth-order valence-electron chi connectivity index (χ4n) is 3.38. The number of carbonyl (C=O) groups is 1. The molecule has 1 unspecified atom stereocenters. The van der Waals surface area contributed by atoms with Gasteiger partial charge in [0.1, 0.15) is 6.10 Å². The molecule has 0 radical (unpaired) electrons. The molecule has 0 spiro atoms. The summed E-state index contributed by atoms with van der Waals surface area (Å²) in [4.78, 5) is 12.6. The van der Waals surface area contributed by atoms with Gasteiger partial charge in [0, 0.05) is 0 Å². The largest absolute Gasteiger partial charge is 0.460 e. The summed E-state index contributed by atoms with van der Waals surface area (Å²) in [7, 11) is 0. The third kappa shape index (κ3) is 6.80. The number of rotatable bonds is 9. The molecule has 4 atom stereocenters. The first kappa shape index (κ1) is 21.0. The van der Waals surface area contributed by atoms with E-state index < -0.39 is 6.10 Å². The monoisotopic (exact) mass is 336 g/mol. The summed E-state index contributed by atoms with van der Waals surface area (Å²) in [5.41, 5.74) is 0.703. The van der Waals surface area contributed by atoms with E-state index in [2.05, 4.69) is 40.3 Å². The van der Waals surface area contributed by atoms with Crippen LogP contribution in [0.3, 0.4) is 0 Å². The molecule has 0 bridgehead atoms. The molecular weight excluding hydrogens is 300 g/mol. The van der Waals surface area contributed by atoms with Crippen molar-refractivity contribution >= 4 is 5.97 Å². The Hall–Kier alpha value is -1.09. The third-order valence-electron chi connectivity index (χ3n) is 4.87. The summed E-state index contributed by atoms with van der Waals surface area (Å²) >= 11 is 0. The number of allylic oxidation sites excluding steroid dienone is 1. The van der Waals surface area contributed by atoms with E-state index in [1.54, 1.807) is 0 Å². The Bertz CT molecular complexity index is 425. The van der Waals surface area contributed by atoms with Crippen molar-refractivity contribution in [2.45, 2.75) is 78.9 Å². The molecule has 1 aliphatic carbocycles. The van der Waals surface area contributed by atoms with Crippen molar-refractivity contribution in [2.75, 3.05) is 6.61 Å². The lowest BCUT2D eigenvalue weighted by Gasteiger charge is -2.37. The minimum Gasteiger partial charge on any atom is -0.460 e. The first-order valence-electron chi connectivity index (χ1n) is 9.49. The Morgan fingerprint density at radius 2 is 2.00 bits per heavy atom. The van der Waals surface area contributed by atoms with Gasteiger partial charge in [-0.2, -0.15) is 0 Å². The summed E-state index contributed by atoms with van der Waals surface area (Å²) in [5, 5.41) is 0. The molecule has 0 aliphatic heterocycles. The highest BCUT2D eigenvalue weighted by molar-refractivity contribution is 5.78. The van der Waals surface area contributed by atoms with Crippen molar-refractivity contribution in [1.82, 2.24) is 0 Å². The molecule has 0 amide bonds. The highest BCUT2D eigenvalue weighted by Crippen LogP contribution is 2.35. The maximum atomic E-state index is 12.6. The van der Waals surface area contributed by atoms with Gasteiger partial charge in [-0.15, -0.1) is 0 Å². The van der Waals surface area contributed by atoms with Gasteiger partial charge in [-0.1, -0.05) is 59.3 Å². The lowest BCUT2D eigenvalue weighted by Crippen LogP contribution is -2.39. The van der Waals surface area contributed by atoms with Crippen molar-refractivity contribution in [3.63, 3.8) is 0 Å². The number of hydrogen-bond acceptors (Lipinski definition) is 3. The van der Waals surface area contributed by atoms with Crippen LogP contribution in [0.5, 0.6) is 0 Å². The van der Waals surface area contributed by atoms with Crippen LogP contribution in [0, 0.1) is 17.8 Å². The first-order valence-corrected chi connectivity index (χ1v) is 9.49. The predicted octanol–water partition coefficient (Wildman–Crippen LogP) is 5.31. The third-order valence-corrected chi connectivity index (χ3v) is 4.87. The maximum Gasteiger partial charge on any atom is 0.339 e. The van der Waals surface area contributed by atoms with Gasteiger partial charge in [0.15, 0.2) is 6.10 Å². The maximum absolute atomic E-state index is 12.6. The van der Waals surface area contributed by atoms with E-state index in [0.717, 1.165) is 25.7 Å². The molecule has 0 saturated heterocycles. The van der Waals surface area contributed by atoms with Crippen LogP contribution in [0.4, 0.5) is 0 Å². The number of hydrogen-bond donors (Lipinski definition) is 0. The van der Waals surface area contributed by atoms with Crippen molar-refractivity contribution < 1.29 is 14.3 Å². The Balaban J connectivity index is 2.63. The van der Waals surface area contributed by atoms with Gasteiger partial charge < -0.3 is 9.47 Å². The van der Waals surface area contributed by atoms with Crippen LogP contribution in [0.2, 0.25) is 0 Å². The highest BCUT2D eigenvalue weighted by atomic mass is 16.6. The standard InChI is InChI=1S/C21H36O3/c1-7-8-9-10-13-23-20(16(4)5)21(22)24-19-14-17(6)11-12-18(19)15(2)3/h9-10,15,17-20H,4,7-8,11-14H2,1-3,5-6H3/b10-9-/t17-,18+,19-,20?/m1/s1. The number of esters is 1. The molecule has 0 aromatic rings. The molecule has 1 rings (SSSR count). The van der Waals surface area contributed by atoms with Gasteiger partial charge in [0.05, 0.1) is 6.61 Å². The molecule has 138 valence electrons. The Morgan fingerprint density at radius 1 is 1.29 bits per heavy atom. The summed E-state index contributed by atoms with van der Waals surface area (Å²) in [5.74, 6) is 1.30. The zero-order chi connectivity index (χ0) is 18.1. The quantitative estimate of drug-likeness (QED) is 0.423. The summed E-state index contributed by atoms with van der Waals surface area (Å²) in [6.45, 7) is 14.9. The van der Waals surface area contributed by atoms with E-state index in [1.165, 1.54) is 6.42 Å². The van der Waals surface area contributed by atoms with E-state index in [9.17, 15) is 4.79 Å². The smallest absolute Gasteiger partial charge is 0.339 e. The second-order valence-corrected chi connectivity index (χ2v) is 7.62. The first-order chi connectivity index (χ1) is 11.4. The van der Waals surface area contributed by atoms with Gasteiger partial charge >= 0.3 is 5.97 Å². The van der Waals surface area contributed by atoms with E-state index in [0.29, 0.717) is 29.9 Å². The molecule has 3 heteroatoms. The van der Waals surface area contributed by atoms with Crippen LogP contribution in [0.25, 0.3) is 0 Å². The van der Waals surface area contributed by atoms with Crippen molar-refractivity contribution in [3.05, 3.63) is 24.3 Å². The molecule has 1 fully saturated rings. The van der Waals surface area contributed by atoms with Gasteiger partial charge in [-0.3, -0.25) is 0 Å². The van der Waals surface area contributed by atoms with E-state index >= 15 is 0 Å². The van der Waals surface area contributed by atoms with Crippen LogP contribution in [0.15, 0.2) is 24.3 Å². The molecule has 0 heterocycles. The molecule has 24 heavy (non-hydrogen) atoms. The van der Waals surface area contributed by atoms with Crippen LogP contribution >= 0.6 is 0 Å². The number of carbonyl (C=O) groups excluding carboxylic acids is 1. The lowest BCUT2D eigenvalue weighted by atomic mass is 9.75. The van der Waals surface area contributed by atoms with E-state index in [4.69, 9.17) is 9.47 Å². The zero-order valence-electron chi connectivity index (χ0n) is 16.2. The van der Waals surface area contributed by atoms with Crippen molar-refractivity contribution in [3.8, 4) is 0 Å². The van der Waals surface area contributed by atoms with Crippen LogP contribution in [-0.4, -0.2) is 24.8 Å². The second kappa shape index (κ2) is 10.7. The zero-order valence-corrected chi connectivity index (χ0v) is 16.2. The van der Waals surface area contributed by atoms with E-state index in [-0.39, 0.29) is 12.1 Å². The van der Waals surface area contributed by atoms with Crippen LogP contribution in [-0.2, 0) is 14.3 Å². The predicted molar refractivity (Wildman–Crippen MR) is 99.8 cm³/mol. The minimum atomic E-state index is -0.665. The molecule has 1 saturated carbocycles. The van der Waals surface area contributed by atoms with Crippen LogP contribution in [0.1, 0.15) is 66.7 Å². The molecule has 1 aliphatic rings. The fourth-order valence-corrected chi connectivity index (χ4v) is 3.38. The topological polar surface area (TPSA) is 35.5 Å². The van der Waals surface area contributed by atoms with Gasteiger partial charge in [0.25, 0.3) is 0 Å². The van der Waals surface area contributed by atoms with Crippen molar-refractivity contribution in [2.24, 2.45) is 17.8 Å². The van der Waals surface area contributed by atoms with Gasteiger partial charge in [-0.25, -0.2) is 4.79 Å². The number of unbranched alkanes of at least 4 members (excludes halogenated alkanes) is 1. The molecule has 0 N–H and O–H groups in total. The summed E-state index contributed by atoms with van der Waals surface area (Å²) in [6, 6.07) is 0. The number of ether oxygens (including phenoxy) is 2. The van der Waals surface area contributed by atoms with Crippen molar-refractivity contribution in [1.29, 1.82) is 0 Å². The Kier molecular flexibility index (Phi) is 9.35. The fraction of sp³-hybridized carbons (Fsp3) is 0.762. The molecule has 3 nitrogen and oxygen atoms in total. The van der Waals surface area contributed by atoms with Gasteiger partial charge in [-0.05, 0) is 49.5 Å². The molecule has 0 aromatic heterocycles. The average Bonchev–Trinajstić information content (AvgIpc) is 2.50. The normalized spacial score (nSPS) is 25.8. The Morgan fingerprint density at radius 3 is 2.58 bits per heavy atom. The highest BCUT2D eigenvalue weighted by Gasteiger charge is 2.35. The minimum absolute atomic E-state index is 0.00216. The van der Waals surface area contributed by atoms with Crippen LogP contribution < -0.4 is 0 Å². The summed E-state index contributed by atoms with van der Waals surface area (Å²) < 4.78 is 11.6. The second-order valence-electron chi connectivity index (χ2n) is 7.62. The Labute approximate surface area is 148 Å². The summed E-state index contributed by atoms with van der Waals surface area (Å²) in [6.07, 6.45) is 8.83. The van der Waals surface area contributed by atoms with Gasteiger partial charge in [0.2, 0.25) is 0 Å². The lowest BCUT2D eigenvalue weighted by molar-refractivity contribution is -0.166. The molecular formula is C21H36O3.